The number of rotatable bonds is 8. The third kappa shape index (κ3) is 4.56. The van der Waals surface area contributed by atoms with E-state index in [1.165, 1.54) is 22.2 Å². The first-order chi connectivity index (χ1) is 14.6. The minimum Gasteiger partial charge on any atom is -0.494 e. The molecule has 4 aromatic rings. The third-order valence-corrected chi connectivity index (χ3v) is 5.56. The van der Waals surface area contributed by atoms with Crippen LogP contribution in [0.25, 0.3) is 22.4 Å². The summed E-state index contributed by atoms with van der Waals surface area (Å²) in [5.41, 5.74) is 6.02. The van der Waals surface area contributed by atoms with Crippen LogP contribution >= 0.6 is 0 Å². The van der Waals surface area contributed by atoms with Crippen LogP contribution in [-0.4, -0.2) is 16.2 Å². The summed E-state index contributed by atoms with van der Waals surface area (Å²) in [6, 6.07) is 25.5. The fourth-order valence-corrected chi connectivity index (χ4v) is 3.74. The second-order valence-corrected chi connectivity index (χ2v) is 8.22. The van der Waals surface area contributed by atoms with E-state index in [0.29, 0.717) is 5.92 Å². The predicted molar refractivity (Wildman–Crippen MR) is 125 cm³/mol. The molecule has 1 heterocycles. The zero-order valence-corrected chi connectivity index (χ0v) is 18.1. The predicted octanol–water partition coefficient (Wildman–Crippen LogP) is 6.99. The Morgan fingerprint density at radius 1 is 0.867 bits per heavy atom. The fourth-order valence-electron chi connectivity index (χ4n) is 3.74. The Balaban J connectivity index is 1.41. The van der Waals surface area contributed by atoms with Gasteiger partial charge in [0.15, 0.2) is 0 Å². The van der Waals surface area contributed by atoms with Crippen LogP contribution in [0.5, 0.6) is 5.75 Å². The van der Waals surface area contributed by atoms with Crippen molar-refractivity contribution in [1.82, 2.24) is 9.55 Å². The average molecular weight is 399 g/mol. The van der Waals surface area contributed by atoms with Crippen molar-refractivity contribution in [2.45, 2.75) is 46.1 Å². The van der Waals surface area contributed by atoms with E-state index < -0.39 is 0 Å². The summed E-state index contributed by atoms with van der Waals surface area (Å²) in [5, 5.41) is 0. The number of hydrogen-bond acceptors (Lipinski definition) is 2. The van der Waals surface area contributed by atoms with Crippen LogP contribution in [0.1, 0.15) is 43.7 Å². The van der Waals surface area contributed by atoms with Crippen LogP contribution in [0.3, 0.4) is 0 Å². The smallest absolute Gasteiger partial charge is 0.141 e. The second kappa shape index (κ2) is 9.17. The first kappa shape index (κ1) is 20.2. The zero-order valence-electron chi connectivity index (χ0n) is 18.1. The highest BCUT2D eigenvalue weighted by Crippen LogP contribution is 2.26. The number of benzene rings is 3. The molecule has 0 amide bonds. The number of hydrogen-bond donors (Lipinski definition) is 0. The Morgan fingerprint density at radius 3 is 2.33 bits per heavy atom. The Bertz CT molecular complexity index is 1090. The van der Waals surface area contributed by atoms with E-state index in [2.05, 4.69) is 98.1 Å². The number of fused-ring (bicyclic) bond motifs is 1. The van der Waals surface area contributed by atoms with Crippen LogP contribution in [0.15, 0.2) is 72.8 Å². The summed E-state index contributed by atoms with van der Waals surface area (Å²) >= 11 is 0. The minimum absolute atomic E-state index is 0.548. The Morgan fingerprint density at radius 2 is 1.60 bits per heavy atom. The first-order valence-corrected chi connectivity index (χ1v) is 10.9. The molecule has 30 heavy (non-hydrogen) atoms. The lowest BCUT2D eigenvalue weighted by molar-refractivity contribution is 0.303. The minimum atomic E-state index is 0.548. The van der Waals surface area contributed by atoms with E-state index in [-0.39, 0.29) is 0 Å². The number of imidazole rings is 1. The van der Waals surface area contributed by atoms with E-state index in [9.17, 15) is 0 Å². The van der Waals surface area contributed by atoms with Crippen molar-refractivity contribution in [3.8, 4) is 17.1 Å². The molecule has 0 saturated carbocycles. The number of para-hydroxylation sites is 2. The molecule has 0 saturated heterocycles. The molecule has 3 nitrogen and oxygen atoms in total. The topological polar surface area (TPSA) is 27.1 Å². The monoisotopic (exact) mass is 398 g/mol. The van der Waals surface area contributed by atoms with Crippen molar-refractivity contribution in [3.63, 3.8) is 0 Å². The maximum Gasteiger partial charge on any atom is 0.141 e. The normalized spacial score (nSPS) is 11.3. The largest absolute Gasteiger partial charge is 0.494 e. The number of aromatic nitrogens is 2. The van der Waals surface area contributed by atoms with Gasteiger partial charge in [0.25, 0.3) is 0 Å². The maximum absolute atomic E-state index is 5.95. The maximum atomic E-state index is 5.95. The Hall–Kier alpha value is -3.07. The number of nitrogens with zero attached hydrogens (tertiary/aromatic N) is 2. The van der Waals surface area contributed by atoms with Gasteiger partial charge in [-0.2, -0.15) is 0 Å². The Kier molecular flexibility index (Phi) is 6.18. The molecule has 0 N–H and O–H groups in total. The molecule has 0 atom stereocenters. The van der Waals surface area contributed by atoms with Crippen LogP contribution in [-0.2, 0) is 6.54 Å². The fraction of sp³-hybridized carbons (Fsp3) is 0.296. The molecule has 0 unspecified atom stereocenters. The van der Waals surface area contributed by atoms with E-state index in [1.54, 1.807) is 0 Å². The average Bonchev–Trinajstić information content (AvgIpc) is 3.13. The number of ether oxygens (including phenoxy) is 1. The molecule has 0 aliphatic rings. The lowest BCUT2D eigenvalue weighted by Crippen LogP contribution is -2.04. The Labute approximate surface area is 179 Å². The van der Waals surface area contributed by atoms with Crippen molar-refractivity contribution < 1.29 is 4.74 Å². The van der Waals surface area contributed by atoms with Gasteiger partial charge in [-0.25, -0.2) is 4.98 Å². The molecule has 4 rings (SSSR count). The molecule has 0 aliphatic heterocycles. The molecule has 0 radical (unpaired) electrons. The van der Waals surface area contributed by atoms with Crippen LogP contribution in [0.2, 0.25) is 0 Å². The lowest BCUT2D eigenvalue weighted by Gasteiger charge is -2.11. The molecule has 1 aromatic heterocycles. The van der Waals surface area contributed by atoms with E-state index >= 15 is 0 Å². The van der Waals surface area contributed by atoms with E-state index in [4.69, 9.17) is 9.72 Å². The lowest BCUT2D eigenvalue weighted by atomic mass is 10.0. The summed E-state index contributed by atoms with van der Waals surface area (Å²) in [5.74, 6) is 2.54. The zero-order chi connectivity index (χ0) is 20.9. The summed E-state index contributed by atoms with van der Waals surface area (Å²) in [7, 11) is 0. The van der Waals surface area contributed by atoms with Crippen LogP contribution in [0.4, 0.5) is 0 Å². The third-order valence-electron chi connectivity index (χ3n) is 5.56. The van der Waals surface area contributed by atoms with Crippen LogP contribution in [0, 0.1) is 6.92 Å². The molecule has 0 fully saturated rings. The number of aryl methyl sites for hydroxylation is 2. The van der Waals surface area contributed by atoms with Gasteiger partial charge in [-0.05, 0) is 55.5 Å². The molecular formula is C27H30N2O. The summed E-state index contributed by atoms with van der Waals surface area (Å²) in [6.07, 6.45) is 2.05. The standard InChI is InChI=1S/C27H30N2O/c1-20(2)22-14-16-24(17-15-22)30-19-7-6-18-29-26-9-5-4-8-25(26)28-27(29)23-12-10-21(3)11-13-23/h4-5,8-17,20H,6-7,18-19H2,1-3H3. The molecule has 3 aromatic carbocycles. The SMILES string of the molecule is Cc1ccc(-c2nc3ccccc3n2CCCCOc2ccc(C(C)C)cc2)cc1. The van der Waals surface area contributed by atoms with E-state index in [1.807, 2.05) is 0 Å². The van der Waals surface area contributed by atoms with Gasteiger partial charge in [0.05, 0.1) is 17.6 Å². The highest BCUT2D eigenvalue weighted by atomic mass is 16.5. The van der Waals surface area contributed by atoms with Crippen molar-refractivity contribution in [2.24, 2.45) is 0 Å². The summed E-state index contributed by atoms with van der Waals surface area (Å²) < 4.78 is 8.30. The highest BCUT2D eigenvalue weighted by molar-refractivity contribution is 5.80. The van der Waals surface area contributed by atoms with Crippen molar-refractivity contribution in [2.75, 3.05) is 6.61 Å². The molecule has 0 spiro atoms. The van der Waals surface area contributed by atoms with Crippen molar-refractivity contribution in [3.05, 3.63) is 83.9 Å². The van der Waals surface area contributed by atoms with Crippen molar-refractivity contribution >= 4 is 11.0 Å². The highest BCUT2D eigenvalue weighted by Gasteiger charge is 2.12. The first-order valence-electron chi connectivity index (χ1n) is 10.9. The van der Waals surface area contributed by atoms with Gasteiger partial charge in [-0.15, -0.1) is 0 Å². The molecule has 154 valence electrons. The van der Waals surface area contributed by atoms with Gasteiger partial charge in [-0.3, -0.25) is 0 Å². The summed E-state index contributed by atoms with van der Waals surface area (Å²) in [4.78, 5) is 4.91. The van der Waals surface area contributed by atoms with Gasteiger partial charge in [0, 0.05) is 12.1 Å². The molecule has 0 aliphatic carbocycles. The second-order valence-electron chi connectivity index (χ2n) is 8.22. The van der Waals surface area contributed by atoms with Gasteiger partial charge in [0.2, 0.25) is 0 Å². The molecule has 0 bridgehead atoms. The van der Waals surface area contributed by atoms with Gasteiger partial charge in [-0.1, -0.05) is 67.9 Å². The van der Waals surface area contributed by atoms with Gasteiger partial charge >= 0.3 is 0 Å². The molecule has 3 heteroatoms. The number of unbranched alkanes of at least 4 members (excludes halogenated alkanes) is 1. The van der Waals surface area contributed by atoms with Gasteiger partial charge in [0.1, 0.15) is 11.6 Å². The summed E-state index contributed by atoms with van der Waals surface area (Å²) in [6.45, 7) is 8.19. The van der Waals surface area contributed by atoms with Crippen LogP contribution < -0.4 is 4.74 Å². The van der Waals surface area contributed by atoms with E-state index in [0.717, 1.165) is 43.1 Å². The van der Waals surface area contributed by atoms with Crippen molar-refractivity contribution in [1.29, 1.82) is 0 Å². The quantitative estimate of drug-likeness (QED) is 0.299. The molecular weight excluding hydrogens is 368 g/mol. The van der Waals surface area contributed by atoms with Gasteiger partial charge < -0.3 is 9.30 Å².